The monoisotopic (exact) mass is 284 g/mol. The van der Waals surface area contributed by atoms with Crippen molar-refractivity contribution in [2.24, 2.45) is 0 Å². The number of ether oxygens (including phenoxy) is 1. The predicted octanol–water partition coefficient (Wildman–Crippen LogP) is 2.24. The molecule has 2 rings (SSSR count). The Bertz CT molecular complexity index is 603. The van der Waals surface area contributed by atoms with Gasteiger partial charge in [-0.3, -0.25) is 0 Å². The van der Waals surface area contributed by atoms with Crippen molar-refractivity contribution in [2.75, 3.05) is 0 Å². The lowest BCUT2D eigenvalue weighted by Crippen LogP contribution is -2.33. The molecular weight excluding hydrogens is 263 g/mol. The van der Waals surface area contributed by atoms with Crippen LogP contribution in [0.1, 0.15) is 31.9 Å². The van der Waals surface area contributed by atoms with Gasteiger partial charge in [0.25, 0.3) is 0 Å². The second kappa shape index (κ2) is 6.33. The highest BCUT2D eigenvalue weighted by Crippen LogP contribution is 2.25. The smallest absolute Gasteiger partial charge is 0.488 e. The molecule has 0 aliphatic rings. The third kappa shape index (κ3) is 4.10. The van der Waals surface area contributed by atoms with Crippen molar-refractivity contribution in [1.82, 2.24) is 0 Å². The first-order valence-electron chi connectivity index (χ1n) is 7.05. The Morgan fingerprint density at radius 2 is 1.71 bits per heavy atom. The van der Waals surface area contributed by atoms with Gasteiger partial charge in [0.2, 0.25) is 0 Å². The Morgan fingerprint density at radius 3 is 2.38 bits per heavy atom. The van der Waals surface area contributed by atoms with E-state index in [9.17, 15) is 10.0 Å². The topological polar surface area (TPSA) is 49.7 Å². The normalized spacial score (nSPS) is 11.3. The fourth-order valence-corrected chi connectivity index (χ4v) is 2.13. The van der Waals surface area contributed by atoms with Crippen LogP contribution in [-0.2, 0) is 12.0 Å². The first kappa shape index (κ1) is 15.6. The van der Waals surface area contributed by atoms with Gasteiger partial charge < -0.3 is 14.8 Å². The molecular formula is C17H21BO3. The summed E-state index contributed by atoms with van der Waals surface area (Å²) < 4.78 is 5.80. The van der Waals surface area contributed by atoms with Gasteiger partial charge in [-0.1, -0.05) is 57.2 Å². The number of benzene rings is 2. The number of hydrogen-bond donors (Lipinski definition) is 2. The molecule has 0 heterocycles. The summed E-state index contributed by atoms with van der Waals surface area (Å²) in [6.45, 7) is 6.78. The number of hydrogen-bond acceptors (Lipinski definition) is 3. The van der Waals surface area contributed by atoms with E-state index in [1.54, 1.807) is 12.1 Å². The van der Waals surface area contributed by atoms with E-state index >= 15 is 0 Å². The van der Waals surface area contributed by atoms with Gasteiger partial charge in [0.15, 0.2) is 0 Å². The van der Waals surface area contributed by atoms with Crippen LogP contribution in [0.25, 0.3) is 0 Å². The van der Waals surface area contributed by atoms with Gasteiger partial charge in [0, 0.05) is 0 Å². The van der Waals surface area contributed by atoms with E-state index in [1.165, 1.54) is 5.56 Å². The van der Waals surface area contributed by atoms with Gasteiger partial charge in [-0.05, 0) is 34.1 Å². The minimum Gasteiger partial charge on any atom is -0.489 e. The first-order valence-corrected chi connectivity index (χ1v) is 7.05. The summed E-state index contributed by atoms with van der Waals surface area (Å²) >= 11 is 0. The summed E-state index contributed by atoms with van der Waals surface area (Å²) in [7, 11) is -1.48. The lowest BCUT2D eigenvalue weighted by atomic mass is 9.77. The molecule has 0 fully saturated rings. The van der Waals surface area contributed by atoms with Gasteiger partial charge in [0.1, 0.15) is 12.4 Å². The summed E-state index contributed by atoms with van der Waals surface area (Å²) in [5, 5.41) is 18.7. The van der Waals surface area contributed by atoms with Crippen LogP contribution in [0.4, 0.5) is 0 Å². The van der Waals surface area contributed by atoms with Gasteiger partial charge in [-0.2, -0.15) is 0 Å². The van der Waals surface area contributed by atoms with Crippen LogP contribution in [0.15, 0.2) is 48.5 Å². The Balaban J connectivity index is 2.14. The maximum Gasteiger partial charge on any atom is 0.488 e. The van der Waals surface area contributed by atoms with E-state index in [0.717, 1.165) is 11.3 Å². The molecule has 0 radical (unpaired) electrons. The zero-order chi connectivity index (χ0) is 15.5. The highest BCUT2D eigenvalue weighted by Gasteiger charge is 2.16. The zero-order valence-electron chi connectivity index (χ0n) is 12.7. The van der Waals surface area contributed by atoms with Crippen LogP contribution in [0.2, 0.25) is 0 Å². The fraction of sp³-hybridized carbons (Fsp3) is 0.294. The minimum absolute atomic E-state index is 0.0680. The van der Waals surface area contributed by atoms with Crippen LogP contribution < -0.4 is 10.2 Å². The molecule has 0 bridgehead atoms. The Morgan fingerprint density at radius 1 is 1.00 bits per heavy atom. The van der Waals surface area contributed by atoms with Crippen molar-refractivity contribution >= 4 is 12.6 Å². The molecule has 110 valence electrons. The second-order valence-corrected chi connectivity index (χ2v) is 6.14. The summed E-state index contributed by atoms with van der Waals surface area (Å²) in [5.74, 6) is 0.782. The third-order valence-electron chi connectivity index (χ3n) is 3.43. The van der Waals surface area contributed by atoms with Gasteiger partial charge in [0.05, 0.1) is 0 Å². The molecule has 21 heavy (non-hydrogen) atoms. The average molecular weight is 284 g/mol. The summed E-state index contributed by atoms with van der Waals surface area (Å²) in [4.78, 5) is 0. The molecule has 0 aliphatic carbocycles. The minimum atomic E-state index is -1.48. The van der Waals surface area contributed by atoms with E-state index in [4.69, 9.17) is 4.74 Å². The molecule has 3 nitrogen and oxygen atoms in total. The van der Waals surface area contributed by atoms with Gasteiger partial charge >= 0.3 is 7.12 Å². The largest absolute Gasteiger partial charge is 0.489 e. The molecule has 2 aromatic rings. The van der Waals surface area contributed by atoms with Crippen LogP contribution >= 0.6 is 0 Å². The average Bonchev–Trinajstić information content (AvgIpc) is 2.45. The Labute approximate surface area is 126 Å². The highest BCUT2D eigenvalue weighted by atomic mass is 16.5. The molecule has 0 unspecified atom stereocenters. The third-order valence-corrected chi connectivity index (χ3v) is 3.43. The molecule has 2 aromatic carbocycles. The first-order chi connectivity index (χ1) is 9.88. The highest BCUT2D eigenvalue weighted by molar-refractivity contribution is 6.59. The number of rotatable bonds is 4. The fourth-order valence-electron chi connectivity index (χ4n) is 2.13. The standard InChI is InChI=1S/C17H21BO3/c1-17(2,3)14-8-6-9-15(11-14)21-12-13-7-4-5-10-16(13)18(19)20/h4-11,19-20H,12H2,1-3H3. The van der Waals surface area contributed by atoms with E-state index in [2.05, 4.69) is 26.8 Å². The maximum absolute atomic E-state index is 9.35. The maximum atomic E-state index is 9.35. The summed E-state index contributed by atoms with van der Waals surface area (Å²) in [5.41, 5.74) is 2.52. The van der Waals surface area contributed by atoms with Crippen molar-refractivity contribution in [3.63, 3.8) is 0 Å². The van der Waals surface area contributed by atoms with E-state index < -0.39 is 7.12 Å². The molecule has 0 saturated heterocycles. The predicted molar refractivity (Wildman–Crippen MR) is 85.7 cm³/mol. The van der Waals surface area contributed by atoms with Crippen LogP contribution in [0.5, 0.6) is 5.75 Å². The van der Waals surface area contributed by atoms with Gasteiger partial charge in [-0.25, -0.2) is 0 Å². The lowest BCUT2D eigenvalue weighted by molar-refractivity contribution is 0.305. The molecule has 0 aromatic heterocycles. The molecule has 2 N–H and O–H groups in total. The lowest BCUT2D eigenvalue weighted by Gasteiger charge is -2.20. The second-order valence-electron chi connectivity index (χ2n) is 6.14. The van der Waals surface area contributed by atoms with Crippen molar-refractivity contribution in [2.45, 2.75) is 32.8 Å². The Kier molecular flexibility index (Phi) is 4.71. The van der Waals surface area contributed by atoms with Crippen LogP contribution in [0.3, 0.4) is 0 Å². The Hall–Kier alpha value is -1.78. The molecule has 0 spiro atoms. The van der Waals surface area contributed by atoms with E-state index in [0.29, 0.717) is 12.1 Å². The van der Waals surface area contributed by atoms with Crippen molar-refractivity contribution in [3.8, 4) is 5.75 Å². The van der Waals surface area contributed by atoms with Crippen molar-refractivity contribution in [3.05, 3.63) is 59.7 Å². The molecule has 0 aliphatic heterocycles. The van der Waals surface area contributed by atoms with Crippen LogP contribution in [-0.4, -0.2) is 17.2 Å². The molecule has 0 atom stereocenters. The summed E-state index contributed by atoms with van der Waals surface area (Å²) in [6.07, 6.45) is 0. The van der Waals surface area contributed by atoms with Crippen molar-refractivity contribution < 1.29 is 14.8 Å². The zero-order valence-corrected chi connectivity index (χ0v) is 12.7. The molecule has 0 amide bonds. The van der Waals surface area contributed by atoms with Gasteiger partial charge in [-0.15, -0.1) is 0 Å². The molecule has 0 saturated carbocycles. The SMILES string of the molecule is CC(C)(C)c1cccc(OCc2ccccc2B(O)O)c1. The summed E-state index contributed by atoms with van der Waals surface area (Å²) in [6, 6.07) is 15.2. The molecule has 4 heteroatoms. The quantitative estimate of drug-likeness (QED) is 0.847. The van der Waals surface area contributed by atoms with E-state index in [1.807, 2.05) is 30.3 Å². The van der Waals surface area contributed by atoms with E-state index in [-0.39, 0.29) is 5.41 Å². The van der Waals surface area contributed by atoms with Crippen molar-refractivity contribution in [1.29, 1.82) is 0 Å². The van der Waals surface area contributed by atoms with Crippen LogP contribution in [0, 0.1) is 0 Å².